The van der Waals surface area contributed by atoms with Gasteiger partial charge >= 0.3 is 6.80 Å². The van der Waals surface area contributed by atoms with Crippen molar-refractivity contribution in [2.24, 2.45) is 5.41 Å². The Hall–Kier alpha value is 0.500. The molecule has 78 valence electrons. The molecule has 5 heteroatoms. The summed E-state index contributed by atoms with van der Waals surface area (Å²) in [6.07, 6.45) is 4.29. The topological polar surface area (TPSA) is 57.5 Å². The molecule has 0 radical (unpaired) electrons. The van der Waals surface area contributed by atoms with Crippen molar-refractivity contribution in [3.8, 4) is 0 Å². The van der Waals surface area contributed by atoms with Gasteiger partial charge < -0.3 is 9.79 Å². The van der Waals surface area contributed by atoms with Crippen molar-refractivity contribution >= 4 is 18.2 Å². The van der Waals surface area contributed by atoms with Crippen molar-refractivity contribution in [3.63, 3.8) is 0 Å². The van der Waals surface area contributed by atoms with E-state index in [1.54, 1.807) is 0 Å². The Morgan fingerprint density at radius 2 is 2.00 bits per heavy atom. The van der Waals surface area contributed by atoms with E-state index in [4.69, 9.17) is 9.79 Å². The van der Waals surface area contributed by atoms with Gasteiger partial charge in [-0.2, -0.15) is 0 Å². The van der Waals surface area contributed by atoms with Crippen molar-refractivity contribution in [1.82, 2.24) is 0 Å². The summed E-state index contributed by atoms with van der Waals surface area (Å²) in [5.41, 5.74) is 0.0734. The Morgan fingerprint density at radius 3 is 2.46 bits per heavy atom. The lowest BCUT2D eigenvalue weighted by atomic mass is 9.77. The first-order valence-electron chi connectivity index (χ1n) is 4.55. The van der Waals surface area contributed by atoms with E-state index in [0.717, 1.165) is 30.6 Å². The first kappa shape index (κ1) is 11.6. The SMILES string of the molecule is CC1(C)CCCCC1SP(=O)(O)O. The van der Waals surface area contributed by atoms with E-state index >= 15 is 0 Å². The fourth-order valence-electron chi connectivity index (χ4n) is 1.82. The maximum Gasteiger partial charge on any atom is 0.384 e. The normalized spacial score (nSPS) is 28.8. The van der Waals surface area contributed by atoms with Crippen molar-refractivity contribution in [2.75, 3.05) is 0 Å². The summed E-state index contributed by atoms with van der Waals surface area (Å²) in [4.78, 5) is 17.8. The van der Waals surface area contributed by atoms with Gasteiger partial charge in [-0.3, -0.25) is 0 Å². The molecule has 1 aliphatic carbocycles. The van der Waals surface area contributed by atoms with Crippen LogP contribution in [0.2, 0.25) is 0 Å². The van der Waals surface area contributed by atoms with E-state index in [2.05, 4.69) is 13.8 Å². The Balaban J connectivity index is 2.61. The predicted molar refractivity (Wildman–Crippen MR) is 55.7 cm³/mol. The maximum absolute atomic E-state index is 10.8. The summed E-state index contributed by atoms with van der Waals surface area (Å²) < 4.78 is 10.8. The van der Waals surface area contributed by atoms with Gasteiger partial charge in [0, 0.05) is 5.25 Å². The van der Waals surface area contributed by atoms with Crippen LogP contribution in [-0.2, 0) is 4.57 Å². The minimum Gasteiger partial charge on any atom is -0.317 e. The largest absolute Gasteiger partial charge is 0.384 e. The summed E-state index contributed by atoms with van der Waals surface area (Å²) >= 11 is 0.851. The second-order valence-corrected chi connectivity index (χ2v) is 8.14. The monoisotopic (exact) mass is 224 g/mol. The van der Waals surface area contributed by atoms with Crippen molar-refractivity contribution < 1.29 is 14.4 Å². The van der Waals surface area contributed by atoms with E-state index in [-0.39, 0.29) is 10.7 Å². The van der Waals surface area contributed by atoms with E-state index in [0.29, 0.717) is 0 Å². The average molecular weight is 224 g/mol. The molecule has 0 heterocycles. The van der Waals surface area contributed by atoms with Gasteiger partial charge in [-0.25, -0.2) is 4.57 Å². The van der Waals surface area contributed by atoms with Crippen LogP contribution in [0.4, 0.5) is 0 Å². The Kier molecular flexibility index (Phi) is 3.50. The van der Waals surface area contributed by atoms with Gasteiger partial charge in [-0.15, -0.1) is 0 Å². The molecule has 0 aliphatic heterocycles. The van der Waals surface area contributed by atoms with E-state index < -0.39 is 6.80 Å². The van der Waals surface area contributed by atoms with E-state index in [9.17, 15) is 4.57 Å². The van der Waals surface area contributed by atoms with Gasteiger partial charge in [0.1, 0.15) is 0 Å². The van der Waals surface area contributed by atoms with Gasteiger partial charge in [-0.05, 0) is 29.6 Å². The molecule has 0 aromatic heterocycles. The summed E-state index contributed by atoms with van der Waals surface area (Å²) in [6, 6.07) is 0. The van der Waals surface area contributed by atoms with Crippen LogP contribution >= 0.6 is 18.2 Å². The summed E-state index contributed by atoms with van der Waals surface area (Å²) in [7, 11) is 0. The van der Waals surface area contributed by atoms with Gasteiger partial charge in [0.2, 0.25) is 0 Å². The molecule has 13 heavy (non-hydrogen) atoms. The predicted octanol–water partition coefficient (Wildman–Crippen LogP) is 2.78. The maximum atomic E-state index is 10.8. The van der Waals surface area contributed by atoms with E-state index in [1.165, 1.54) is 6.42 Å². The third-order valence-electron chi connectivity index (χ3n) is 2.67. The molecule has 0 amide bonds. The molecule has 0 aromatic rings. The fourth-order valence-corrected chi connectivity index (χ4v) is 5.00. The molecular formula is C8H17O3PS. The molecule has 1 atom stereocenters. The molecule has 1 saturated carbocycles. The van der Waals surface area contributed by atoms with Gasteiger partial charge in [0.25, 0.3) is 0 Å². The minimum atomic E-state index is -3.90. The first-order chi connectivity index (χ1) is 5.81. The van der Waals surface area contributed by atoms with Gasteiger partial charge in [-0.1, -0.05) is 26.7 Å². The summed E-state index contributed by atoms with van der Waals surface area (Å²) in [6.45, 7) is 0.296. The number of hydrogen-bond donors (Lipinski definition) is 2. The molecule has 1 aliphatic rings. The second kappa shape index (κ2) is 3.93. The lowest BCUT2D eigenvalue weighted by molar-refractivity contribution is 0.256. The number of rotatable bonds is 2. The fraction of sp³-hybridized carbons (Fsp3) is 1.00. The minimum absolute atomic E-state index is 0.0734. The number of hydrogen-bond acceptors (Lipinski definition) is 2. The van der Waals surface area contributed by atoms with Crippen molar-refractivity contribution in [3.05, 3.63) is 0 Å². The van der Waals surface area contributed by atoms with Crippen LogP contribution in [0.5, 0.6) is 0 Å². The molecule has 3 nitrogen and oxygen atoms in total. The first-order valence-corrected chi connectivity index (χ1v) is 7.65. The molecule has 0 bridgehead atoms. The molecule has 1 unspecified atom stereocenters. The highest BCUT2D eigenvalue weighted by Crippen LogP contribution is 2.59. The van der Waals surface area contributed by atoms with Crippen LogP contribution in [0.1, 0.15) is 39.5 Å². The molecule has 0 aromatic carbocycles. The standard InChI is InChI=1S/C8H17O3PS/c1-8(2)6-4-3-5-7(8)13-12(9,10)11/h7H,3-6H2,1-2H3,(H2,9,10,11). The van der Waals surface area contributed by atoms with Crippen LogP contribution in [0.15, 0.2) is 0 Å². The molecule has 0 saturated heterocycles. The molecule has 1 rings (SSSR count). The van der Waals surface area contributed by atoms with Crippen LogP contribution in [-0.4, -0.2) is 15.0 Å². The Bertz CT molecular complexity index is 223. The van der Waals surface area contributed by atoms with E-state index in [1.807, 2.05) is 0 Å². The zero-order chi connectivity index (χ0) is 10.1. The highest BCUT2D eigenvalue weighted by atomic mass is 32.7. The van der Waals surface area contributed by atoms with Crippen LogP contribution in [0, 0.1) is 5.41 Å². The van der Waals surface area contributed by atoms with Gasteiger partial charge in [0.05, 0.1) is 0 Å². The quantitative estimate of drug-likeness (QED) is 0.708. The van der Waals surface area contributed by atoms with Crippen molar-refractivity contribution in [2.45, 2.75) is 44.8 Å². The zero-order valence-corrected chi connectivity index (χ0v) is 9.77. The highest BCUT2D eigenvalue weighted by Gasteiger charge is 2.36. The third-order valence-corrected chi connectivity index (χ3v) is 5.66. The van der Waals surface area contributed by atoms with Crippen LogP contribution in [0.3, 0.4) is 0 Å². The Labute approximate surface area is 83.2 Å². The lowest BCUT2D eigenvalue weighted by Crippen LogP contribution is -2.29. The van der Waals surface area contributed by atoms with Crippen molar-refractivity contribution in [1.29, 1.82) is 0 Å². The average Bonchev–Trinajstić information content (AvgIpc) is 1.91. The Morgan fingerprint density at radius 1 is 1.38 bits per heavy atom. The zero-order valence-electron chi connectivity index (χ0n) is 8.06. The molecule has 2 N–H and O–H groups in total. The smallest absolute Gasteiger partial charge is 0.317 e. The third kappa shape index (κ3) is 3.62. The van der Waals surface area contributed by atoms with Crippen LogP contribution < -0.4 is 0 Å². The molecular weight excluding hydrogens is 207 g/mol. The molecule has 0 spiro atoms. The summed E-state index contributed by atoms with van der Waals surface area (Å²) in [5, 5.41) is 0.113. The lowest BCUT2D eigenvalue weighted by Gasteiger charge is -2.37. The van der Waals surface area contributed by atoms with Crippen LogP contribution in [0.25, 0.3) is 0 Å². The second-order valence-electron chi connectivity index (χ2n) is 4.32. The highest BCUT2D eigenvalue weighted by molar-refractivity contribution is 8.54. The summed E-state index contributed by atoms with van der Waals surface area (Å²) in [5.74, 6) is 0. The molecule has 1 fully saturated rings. The van der Waals surface area contributed by atoms with Gasteiger partial charge in [0.15, 0.2) is 0 Å².